The van der Waals surface area contributed by atoms with Gasteiger partial charge in [0.1, 0.15) is 5.82 Å². The molecule has 1 aromatic carbocycles. The van der Waals surface area contributed by atoms with Gasteiger partial charge >= 0.3 is 6.09 Å². The number of hydrogen-bond donors (Lipinski definition) is 1. The first-order valence-corrected chi connectivity index (χ1v) is 9.27. The Morgan fingerprint density at radius 2 is 2.10 bits per heavy atom. The van der Waals surface area contributed by atoms with E-state index in [0.717, 1.165) is 5.57 Å². The molecule has 8 nitrogen and oxygen atoms in total. The highest BCUT2D eigenvalue weighted by Gasteiger charge is 2.36. The van der Waals surface area contributed by atoms with Crippen molar-refractivity contribution < 1.29 is 18.7 Å². The number of amides is 2. The molecule has 2 aromatic rings. The number of aromatic nitrogens is 2. The van der Waals surface area contributed by atoms with E-state index in [2.05, 4.69) is 15.3 Å². The number of cyclic esters (lactones) is 1. The van der Waals surface area contributed by atoms with E-state index in [4.69, 9.17) is 4.74 Å². The van der Waals surface area contributed by atoms with Gasteiger partial charge in [0, 0.05) is 38.1 Å². The number of nitrogens with zero attached hydrogens (tertiary/aromatic N) is 4. The molecule has 150 valence electrons. The number of hydrogen-bond acceptors (Lipinski definition) is 6. The molecule has 0 radical (unpaired) electrons. The van der Waals surface area contributed by atoms with Gasteiger partial charge in [-0.3, -0.25) is 9.69 Å². The van der Waals surface area contributed by atoms with Crippen LogP contribution in [0.15, 0.2) is 42.7 Å². The lowest BCUT2D eigenvalue weighted by Crippen LogP contribution is -2.35. The lowest BCUT2D eigenvalue weighted by molar-refractivity contribution is -0.127. The maximum atomic E-state index is 14.8. The van der Waals surface area contributed by atoms with Crippen LogP contribution < -0.4 is 15.1 Å². The Morgan fingerprint density at radius 3 is 2.76 bits per heavy atom. The SMILES string of the molecule is CNC(=O)[C@H]1CN(c2ccc(C3=CCN(c4ncccn4)CC3)c(F)c2)C(=O)O1. The molecule has 2 aliphatic heterocycles. The molecule has 4 rings (SSSR count). The number of halogens is 1. The van der Waals surface area contributed by atoms with Crippen LogP contribution in [0.5, 0.6) is 0 Å². The van der Waals surface area contributed by atoms with Crippen molar-refractivity contribution in [3.8, 4) is 0 Å². The number of anilines is 2. The van der Waals surface area contributed by atoms with Crippen molar-refractivity contribution in [1.82, 2.24) is 15.3 Å². The maximum Gasteiger partial charge on any atom is 0.415 e. The standard InChI is InChI=1S/C20H20FN5O3/c1-22-18(27)17-12-26(20(28)29-17)14-3-4-15(16(21)11-14)13-5-9-25(10-6-13)19-23-7-2-8-24-19/h2-5,7-8,11,17H,6,9-10,12H2,1H3,(H,22,27)/t17-/m1/s1. The topological polar surface area (TPSA) is 87.7 Å². The van der Waals surface area contributed by atoms with E-state index in [1.54, 1.807) is 30.6 Å². The average molecular weight is 397 g/mol. The van der Waals surface area contributed by atoms with Gasteiger partial charge < -0.3 is 15.0 Å². The van der Waals surface area contributed by atoms with Crippen LogP contribution >= 0.6 is 0 Å². The fraction of sp³-hybridized carbons (Fsp3) is 0.300. The Balaban J connectivity index is 1.49. The molecule has 0 saturated carbocycles. The van der Waals surface area contributed by atoms with Gasteiger partial charge in [0.05, 0.1) is 12.2 Å². The lowest BCUT2D eigenvalue weighted by atomic mass is 9.98. The molecule has 3 heterocycles. The predicted octanol–water partition coefficient (Wildman–Crippen LogP) is 1.98. The second-order valence-corrected chi connectivity index (χ2v) is 6.74. The van der Waals surface area contributed by atoms with Crippen LogP contribution in [-0.2, 0) is 9.53 Å². The first-order chi connectivity index (χ1) is 14.1. The summed E-state index contributed by atoms with van der Waals surface area (Å²) in [5.74, 6) is -0.163. The molecule has 0 spiro atoms. The largest absolute Gasteiger partial charge is 0.434 e. The third kappa shape index (κ3) is 3.75. The highest BCUT2D eigenvalue weighted by molar-refractivity contribution is 5.95. The van der Waals surface area contributed by atoms with Crippen molar-refractivity contribution in [2.75, 3.05) is 36.5 Å². The molecule has 1 N–H and O–H groups in total. The minimum absolute atomic E-state index is 0.0476. The van der Waals surface area contributed by atoms with E-state index < -0.39 is 23.9 Å². The lowest BCUT2D eigenvalue weighted by Gasteiger charge is -2.26. The van der Waals surface area contributed by atoms with Gasteiger partial charge in [0.15, 0.2) is 6.10 Å². The number of carbonyl (C=O) groups is 2. The summed E-state index contributed by atoms with van der Waals surface area (Å²) in [5.41, 5.74) is 1.75. The van der Waals surface area contributed by atoms with Gasteiger partial charge in [-0.15, -0.1) is 0 Å². The van der Waals surface area contributed by atoms with Crippen molar-refractivity contribution in [2.45, 2.75) is 12.5 Å². The fourth-order valence-corrected chi connectivity index (χ4v) is 3.45. The van der Waals surface area contributed by atoms with Crippen molar-refractivity contribution in [3.63, 3.8) is 0 Å². The predicted molar refractivity (Wildman–Crippen MR) is 105 cm³/mol. The third-order valence-corrected chi connectivity index (χ3v) is 5.01. The first kappa shape index (κ1) is 18.9. The Kier molecular flexibility index (Phi) is 5.11. The van der Waals surface area contributed by atoms with Gasteiger partial charge in [-0.25, -0.2) is 19.2 Å². The Hall–Kier alpha value is -3.49. The Bertz CT molecular complexity index is 966. The van der Waals surface area contributed by atoms with Crippen LogP contribution in [0, 0.1) is 5.82 Å². The maximum absolute atomic E-state index is 14.8. The second kappa shape index (κ2) is 7.86. The van der Waals surface area contributed by atoms with Gasteiger partial charge in [-0.2, -0.15) is 0 Å². The smallest absolute Gasteiger partial charge is 0.415 e. The molecule has 1 saturated heterocycles. The van der Waals surface area contributed by atoms with Crippen LogP contribution in [0.2, 0.25) is 0 Å². The number of rotatable bonds is 4. The summed E-state index contributed by atoms with van der Waals surface area (Å²) in [6.07, 6.45) is 4.43. The van der Waals surface area contributed by atoms with Gasteiger partial charge in [0.25, 0.3) is 5.91 Å². The first-order valence-electron chi connectivity index (χ1n) is 9.27. The molecule has 0 aliphatic carbocycles. The molecule has 0 unspecified atom stereocenters. The van der Waals surface area contributed by atoms with Crippen molar-refractivity contribution in [1.29, 1.82) is 0 Å². The highest BCUT2D eigenvalue weighted by atomic mass is 19.1. The number of nitrogens with one attached hydrogen (secondary N) is 1. The zero-order valence-electron chi connectivity index (χ0n) is 15.8. The van der Waals surface area contributed by atoms with Crippen LogP contribution in [0.1, 0.15) is 12.0 Å². The van der Waals surface area contributed by atoms with E-state index in [1.165, 1.54) is 18.0 Å². The summed E-state index contributed by atoms with van der Waals surface area (Å²) in [7, 11) is 1.47. The summed E-state index contributed by atoms with van der Waals surface area (Å²) in [4.78, 5) is 35.5. The zero-order valence-corrected chi connectivity index (χ0v) is 15.8. The zero-order chi connectivity index (χ0) is 20.4. The van der Waals surface area contributed by atoms with E-state index in [1.807, 2.05) is 11.0 Å². The fourth-order valence-electron chi connectivity index (χ4n) is 3.45. The number of ether oxygens (including phenoxy) is 1. The molecular weight excluding hydrogens is 377 g/mol. The van der Waals surface area contributed by atoms with Gasteiger partial charge in [-0.05, 0) is 36.3 Å². The van der Waals surface area contributed by atoms with Crippen LogP contribution in [0.3, 0.4) is 0 Å². The Morgan fingerprint density at radius 1 is 1.31 bits per heavy atom. The third-order valence-electron chi connectivity index (χ3n) is 5.01. The summed E-state index contributed by atoms with van der Waals surface area (Å²) in [6.45, 7) is 1.32. The molecule has 29 heavy (non-hydrogen) atoms. The normalized spacial score (nSPS) is 19.0. The molecule has 2 amide bonds. The van der Waals surface area contributed by atoms with E-state index in [9.17, 15) is 14.0 Å². The molecule has 0 bridgehead atoms. The molecule has 2 aliphatic rings. The van der Waals surface area contributed by atoms with Crippen LogP contribution in [0.25, 0.3) is 5.57 Å². The second-order valence-electron chi connectivity index (χ2n) is 6.74. The van der Waals surface area contributed by atoms with E-state index in [0.29, 0.717) is 36.7 Å². The van der Waals surface area contributed by atoms with E-state index in [-0.39, 0.29) is 6.54 Å². The average Bonchev–Trinajstić information content (AvgIpc) is 3.15. The molecular formula is C20H20FN5O3. The molecule has 1 fully saturated rings. The van der Waals surface area contributed by atoms with Gasteiger partial charge in [0.2, 0.25) is 5.95 Å². The van der Waals surface area contributed by atoms with Crippen molar-refractivity contribution >= 4 is 29.2 Å². The number of likely N-dealkylation sites (N-methyl/N-ethyl adjacent to an activating group) is 1. The highest BCUT2D eigenvalue weighted by Crippen LogP contribution is 2.30. The number of carbonyl (C=O) groups excluding carboxylic acids is 2. The summed E-state index contributed by atoms with van der Waals surface area (Å²) >= 11 is 0. The minimum Gasteiger partial charge on any atom is -0.434 e. The summed E-state index contributed by atoms with van der Waals surface area (Å²) in [5, 5.41) is 2.44. The molecule has 1 atom stereocenters. The number of benzene rings is 1. The van der Waals surface area contributed by atoms with Crippen LogP contribution in [0.4, 0.5) is 20.8 Å². The van der Waals surface area contributed by atoms with Crippen LogP contribution in [-0.4, -0.2) is 54.8 Å². The van der Waals surface area contributed by atoms with Crippen molar-refractivity contribution in [3.05, 3.63) is 54.1 Å². The summed E-state index contributed by atoms with van der Waals surface area (Å²) < 4.78 is 19.9. The Labute approximate surface area is 167 Å². The monoisotopic (exact) mass is 397 g/mol. The summed E-state index contributed by atoms with van der Waals surface area (Å²) in [6, 6.07) is 6.39. The van der Waals surface area contributed by atoms with Gasteiger partial charge in [-0.1, -0.05) is 6.08 Å². The van der Waals surface area contributed by atoms with Crippen molar-refractivity contribution in [2.24, 2.45) is 0 Å². The minimum atomic E-state index is -0.900. The molecule has 9 heteroatoms. The van der Waals surface area contributed by atoms with E-state index >= 15 is 0 Å². The quantitative estimate of drug-likeness (QED) is 0.849. The molecule has 1 aromatic heterocycles.